The number of primary amides is 1. The van der Waals surface area contributed by atoms with E-state index in [1.165, 1.54) is 12.1 Å². The molecule has 0 atom stereocenters. The van der Waals surface area contributed by atoms with Gasteiger partial charge in [-0.15, -0.1) is 0 Å². The summed E-state index contributed by atoms with van der Waals surface area (Å²) in [6.45, 7) is 1.45. The minimum Gasteiger partial charge on any atom is -0.366 e. The fourth-order valence-corrected chi connectivity index (χ4v) is 2.68. The summed E-state index contributed by atoms with van der Waals surface area (Å²) >= 11 is 0. The number of anilines is 1. The average Bonchev–Trinajstić information content (AvgIpc) is 3.16. The zero-order valence-electron chi connectivity index (χ0n) is 13.6. The van der Waals surface area contributed by atoms with Gasteiger partial charge in [-0.3, -0.25) is 14.4 Å². The molecular weight excluding hydrogens is 320 g/mol. The number of hydrogen-bond acceptors (Lipinski definition) is 4. The summed E-state index contributed by atoms with van der Waals surface area (Å²) < 4.78 is 0. The molecule has 1 aromatic heterocycles. The minimum atomic E-state index is -0.535. The lowest BCUT2D eigenvalue weighted by Gasteiger charge is -2.14. The number of nitrogens with zero attached hydrogens (tertiary/aromatic N) is 2. The highest BCUT2D eigenvalue weighted by Crippen LogP contribution is 2.13. The van der Waals surface area contributed by atoms with Gasteiger partial charge in [0.25, 0.3) is 11.8 Å². The monoisotopic (exact) mass is 338 g/mol. The number of pyridine rings is 1. The second kappa shape index (κ2) is 7.12. The fourth-order valence-electron chi connectivity index (χ4n) is 2.68. The molecule has 1 fully saturated rings. The van der Waals surface area contributed by atoms with E-state index in [1.54, 1.807) is 35.2 Å². The molecule has 7 nitrogen and oxygen atoms in total. The summed E-state index contributed by atoms with van der Waals surface area (Å²) in [5.41, 5.74) is 6.46. The zero-order chi connectivity index (χ0) is 17.8. The molecule has 0 radical (unpaired) electrons. The predicted octanol–water partition coefficient (Wildman–Crippen LogP) is 1.67. The molecule has 3 N–H and O–H groups in total. The van der Waals surface area contributed by atoms with Crippen molar-refractivity contribution in [1.82, 2.24) is 9.88 Å². The quantitative estimate of drug-likeness (QED) is 0.884. The molecule has 0 unspecified atom stereocenters. The molecule has 7 heteroatoms. The standard InChI is InChI=1S/C18H18N4O3/c19-16(23)12-6-8-13(9-7-12)20-17(24)14-4-3-5-15(21-14)18(25)22-10-1-2-11-22/h3-9H,1-2,10-11H2,(H2,19,23)(H,20,24). The van der Waals surface area contributed by atoms with E-state index in [-0.39, 0.29) is 17.3 Å². The molecule has 25 heavy (non-hydrogen) atoms. The topological polar surface area (TPSA) is 105 Å². The Labute approximate surface area is 144 Å². The summed E-state index contributed by atoms with van der Waals surface area (Å²) in [4.78, 5) is 41.7. The summed E-state index contributed by atoms with van der Waals surface area (Å²) in [7, 11) is 0. The van der Waals surface area contributed by atoms with E-state index in [0.29, 0.717) is 11.3 Å². The van der Waals surface area contributed by atoms with Gasteiger partial charge in [-0.1, -0.05) is 6.07 Å². The number of hydrogen-bond donors (Lipinski definition) is 2. The van der Waals surface area contributed by atoms with Gasteiger partial charge < -0.3 is 16.0 Å². The lowest BCUT2D eigenvalue weighted by molar-refractivity contribution is 0.0786. The summed E-state index contributed by atoms with van der Waals surface area (Å²) in [5, 5.41) is 2.68. The Balaban J connectivity index is 1.72. The number of carbonyl (C=O) groups excluding carboxylic acids is 3. The summed E-state index contributed by atoms with van der Waals surface area (Å²) in [5.74, 6) is -1.12. The van der Waals surface area contributed by atoms with Gasteiger partial charge >= 0.3 is 0 Å². The predicted molar refractivity (Wildman–Crippen MR) is 92.3 cm³/mol. The van der Waals surface area contributed by atoms with Crippen LogP contribution in [-0.2, 0) is 0 Å². The van der Waals surface area contributed by atoms with Crippen LogP contribution >= 0.6 is 0 Å². The molecular formula is C18H18N4O3. The molecule has 1 aliphatic rings. The van der Waals surface area contributed by atoms with E-state index in [1.807, 2.05) is 0 Å². The number of benzene rings is 1. The van der Waals surface area contributed by atoms with E-state index in [4.69, 9.17) is 5.73 Å². The molecule has 1 aromatic carbocycles. The maximum absolute atomic E-state index is 12.4. The average molecular weight is 338 g/mol. The highest BCUT2D eigenvalue weighted by atomic mass is 16.2. The van der Waals surface area contributed by atoms with Gasteiger partial charge in [0.15, 0.2) is 0 Å². The first kappa shape index (κ1) is 16.6. The second-order valence-corrected chi connectivity index (χ2v) is 5.80. The van der Waals surface area contributed by atoms with E-state index < -0.39 is 11.8 Å². The van der Waals surface area contributed by atoms with Crippen molar-refractivity contribution >= 4 is 23.4 Å². The fraction of sp³-hybridized carbons (Fsp3) is 0.222. The van der Waals surface area contributed by atoms with Crippen LogP contribution in [0, 0.1) is 0 Å². The molecule has 2 aromatic rings. The van der Waals surface area contributed by atoms with Crippen molar-refractivity contribution in [1.29, 1.82) is 0 Å². The Morgan fingerprint density at radius 2 is 1.60 bits per heavy atom. The third-order valence-electron chi connectivity index (χ3n) is 4.02. The highest BCUT2D eigenvalue weighted by molar-refractivity contribution is 6.04. The Morgan fingerprint density at radius 3 is 2.24 bits per heavy atom. The van der Waals surface area contributed by atoms with Crippen molar-refractivity contribution in [3.05, 3.63) is 59.4 Å². The van der Waals surface area contributed by atoms with E-state index in [0.717, 1.165) is 25.9 Å². The molecule has 0 spiro atoms. The van der Waals surface area contributed by atoms with Gasteiger partial charge in [0, 0.05) is 24.3 Å². The smallest absolute Gasteiger partial charge is 0.274 e. The van der Waals surface area contributed by atoms with Crippen molar-refractivity contribution in [2.75, 3.05) is 18.4 Å². The third kappa shape index (κ3) is 3.82. The normalized spacial score (nSPS) is 13.5. The van der Waals surface area contributed by atoms with Crippen LogP contribution in [0.4, 0.5) is 5.69 Å². The van der Waals surface area contributed by atoms with Gasteiger partial charge in [0.05, 0.1) is 0 Å². The lowest BCUT2D eigenvalue weighted by atomic mass is 10.2. The molecule has 1 saturated heterocycles. The summed E-state index contributed by atoms with van der Waals surface area (Å²) in [6.07, 6.45) is 1.99. The molecule has 1 aliphatic heterocycles. The van der Waals surface area contributed by atoms with Crippen molar-refractivity contribution < 1.29 is 14.4 Å². The van der Waals surface area contributed by atoms with E-state index >= 15 is 0 Å². The van der Waals surface area contributed by atoms with Gasteiger partial charge in [0.1, 0.15) is 11.4 Å². The second-order valence-electron chi connectivity index (χ2n) is 5.80. The van der Waals surface area contributed by atoms with Crippen molar-refractivity contribution in [2.24, 2.45) is 5.73 Å². The maximum Gasteiger partial charge on any atom is 0.274 e. The minimum absolute atomic E-state index is 0.155. The molecule has 3 amide bonds. The van der Waals surface area contributed by atoms with Crippen LogP contribution in [0.2, 0.25) is 0 Å². The molecule has 0 bridgehead atoms. The SMILES string of the molecule is NC(=O)c1ccc(NC(=O)c2cccc(C(=O)N3CCCC3)n2)cc1. The summed E-state index contributed by atoms with van der Waals surface area (Å²) in [6, 6.07) is 11.0. The van der Waals surface area contributed by atoms with E-state index in [2.05, 4.69) is 10.3 Å². The van der Waals surface area contributed by atoms with Crippen molar-refractivity contribution in [3.63, 3.8) is 0 Å². The van der Waals surface area contributed by atoms with Crippen LogP contribution in [0.5, 0.6) is 0 Å². The molecule has 0 aliphatic carbocycles. The largest absolute Gasteiger partial charge is 0.366 e. The maximum atomic E-state index is 12.4. The third-order valence-corrected chi connectivity index (χ3v) is 4.02. The van der Waals surface area contributed by atoms with Crippen molar-refractivity contribution in [2.45, 2.75) is 12.8 Å². The number of nitrogens with two attached hydrogens (primary N) is 1. The lowest BCUT2D eigenvalue weighted by Crippen LogP contribution is -2.29. The first-order chi connectivity index (χ1) is 12.0. The molecule has 128 valence electrons. The number of amides is 3. The Kier molecular flexibility index (Phi) is 4.74. The Morgan fingerprint density at radius 1 is 0.960 bits per heavy atom. The first-order valence-electron chi connectivity index (χ1n) is 8.02. The van der Waals surface area contributed by atoms with Crippen LogP contribution in [0.1, 0.15) is 44.2 Å². The first-order valence-corrected chi connectivity index (χ1v) is 8.02. The number of nitrogens with one attached hydrogen (secondary N) is 1. The van der Waals surface area contributed by atoms with Crippen LogP contribution in [-0.4, -0.2) is 40.7 Å². The van der Waals surface area contributed by atoms with Gasteiger partial charge in [-0.05, 0) is 49.2 Å². The van der Waals surface area contributed by atoms with Crippen LogP contribution < -0.4 is 11.1 Å². The number of likely N-dealkylation sites (tertiary alicyclic amines) is 1. The van der Waals surface area contributed by atoms with E-state index in [9.17, 15) is 14.4 Å². The number of rotatable bonds is 4. The van der Waals surface area contributed by atoms with Crippen LogP contribution in [0.15, 0.2) is 42.5 Å². The van der Waals surface area contributed by atoms with Gasteiger partial charge in [0.2, 0.25) is 5.91 Å². The van der Waals surface area contributed by atoms with Crippen molar-refractivity contribution in [3.8, 4) is 0 Å². The number of carbonyl (C=O) groups is 3. The van der Waals surface area contributed by atoms with Crippen LogP contribution in [0.25, 0.3) is 0 Å². The molecule has 3 rings (SSSR count). The van der Waals surface area contributed by atoms with Gasteiger partial charge in [-0.25, -0.2) is 4.98 Å². The Bertz CT molecular complexity index is 811. The molecule has 0 saturated carbocycles. The van der Waals surface area contributed by atoms with Crippen LogP contribution in [0.3, 0.4) is 0 Å². The zero-order valence-corrected chi connectivity index (χ0v) is 13.6. The number of aromatic nitrogens is 1. The van der Waals surface area contributed by atoms with Gasteiger partial charge in [-0.2, -0.15) is 0 Å². The molecule has 2 heterocycles. The Hall–Kier alpha value is -3.22. The highest BCUT2D eigenvalue weighted by Gasteiger charge is 2.21.